The van der Waals surface area contributed by atoms with Crippen molar-refractivity contribution in [2.75, 3.05) is 0 Å². The quantitative estimate of drug-likeness (QED) is 0.171. The normalized spacial score (nSPS) is 15.4. The molecule has 0 saturated carbocycles. The molecule has 254 valence electrons. The second-order valence-electron chi connectivity index (χ2n) is 13.9. The van der Waals surface area contributed by atoms with Crippen LogP contribution in [0, 0.1) is 0 Å². The van der Waals surface area contributed by atoms with Gasteiger partial charge >= 0.3 is 0 Å². The highest BCUT2D eigenvalue weighted by molar-refractivity contribution is 8.03. The molecule has 0 radical (unpaired) electrons. The molecule has 11 rings (SSSR count). The van der Waals surface area contributed by atoms with Crippen LogP contribution in [0.1, 0.15) is 11.1 Å². The van der Waals surface area contributed by atoms with Gasteiger partial charge in [-0.3, -0.25) is 0 Å². The fourth-order valence-electron chi connectivity index (χ4n) is 8.27. The maximum atomic E-state index is 15.2. The second-order valence-corrected chi connectivity index (χ2v) is 16.1. The van der Waals surface area contributed by atoms with Crippen molar-refractivity contribution >= 4 is 80.7 Å². The van der Waals surface area contributed by atoms with Gasteiger partial charge in [0.15, 0.2) is 0 Å². The minimum Gasteiger partial charge on any atom is -0.456 e. The summed E-state index contributed by atoms with van der Waals surface area (Å²) in [5.41, 5.74) is 8.62. The zero-order valence-electron chi connectivity index (χ0n) is 29.1. The van der Waals surface area contributed by atoms with Gasteiger partial charge in [-0.15, -0.1) is 0 Å². The molecule has 1 aliphatic heterocycles. The van der Waals surface area contributed by atoms with Gasteiger partial charge in [0.1, 0.15) is 20.9 Å². The van der Waals surface area contributed by atoms with E-state index >= 15 is 4.21 Å². The number of fused-ring (bicyclic) bond motifs is 10. The second kappa shape index (κ2) is 11.9. The number of furan rings is 1. The lowest BCUT2D eigenvalue weighted by atomic mass is 9.91. The molecular weight excluding hydrogens is 679 g/mol. The van der Waals surface area contributed by atoms with Crippen LogP contribution < -0.4 is 0 Å². The van der Waals surface area contributed by atoms with E-state index in [1.807, 2.05) is 84.9 Å². The number of rotatable bonds is 4. The molecule has 0 saturated heterocycles. The van der Waals surface area contributed by atoms with Crippen LogP contribution >= 0.6 is 0 Å². The van der Waals surface area contributed by atoms with E-state index in [1.165, 1.54) is 43.4 Å². The zero-order chi connectivity index (χ0) is 35.8. The Morgan fingerprint density at radius 3 is 1.69 bits per heavy atom. The average molecular weight is 710 g/mol. The van der Waals surface area contributed by atoms with Crippen molar-refractivity contribution in [1.82, 2.24) is 0 Å². The number of benzene rings is 9. The lowest BCUT2D eigenvalue weighted by Gasteiger charge is -2.20. The van der Waals surface area contributed by atoms with Gasteiger partial charge in [0.2, 0.25) is 0 Å². The molecule has 2 heterocycles. The van der Waals surface area contributed by atoms with Gasteiger partial charge < -0.3 is 4.42 Å². The Balaban J connectivity index is 1.03. The topological polar surface area (TPSA) is 42.6 Å². The van der Waals surface area contributed by atoms with Gasteiger partial charge in [0.05, 0.1) is 15.5 Å². The van der Waals surface area contributed by atoms with E-state index in [1.54, 1.807) is 0 Å². The van der Waals surface area contributed by atoms with Crippen molar-refractivity contribution in [3.63, 3.8) is 0 Å². The molecule has 54 heavy (non-hydrogen) atoms. The summed E-state index contributed by atoms with van der Waals surface area (Å²) >= 11 is 0. The third-order valence-corrected chi connectivity index (χ3v) is 13.2. The van der Waals surface area contributed by atoms with E-state index in [9.17, 15) is 0 Å². The van der Waals surface area contributed by atoms with Gasteiger partial charge in [-0.1, -0.05) is 140 Å². The molecule has 3 nitrogen and oxygen atoms in total. The largest absolute Gasteiger partial charge is 0.456 e. The van der Waals surface area contributed by atoms with Gasteiger partial charge in [0, 0.05) is 21.9 Å². The summed E-state index contributed by atoms with van der Waals surface area (Å²) in [6.45, 7) is 0. The minimum absolute atomic E-state index is 0.685. The lowest BCUT2D eigenvalue weighted by molar-refractivity contribution is 0.669. The predicted octanol–water partition coefficient (Wildman–Crippen LogP) is 14.0. The molecule has 1 unspecified atom stereocenters. The minimum atomic E-state index is -3.00. The van der Waals surface area contributed by atoms with E-state index in [0.717, 1.165) is 49.9 Å². The third kappa shape index (κ3) is 4.70. The van der Waals surface area contributed by atoms with Crippen LogP contribution in [-0.2, 0) is 9.73 Å². The maximum Gasteiger partial charge on any atom is 0.136 e. The first kappa shape index (κ1) is 30.8. The predicted molar refractivity (Wildman–Crippen MR) is 226 cm³/mol. The fraction of sp³-hybridized carbons (Fsp3) is 0. The van der Waals surface area contributed by atoms with Crippen molar-refractivity contribution in [1.29, 1.82) is 0 Å². The van der Waals surface area contributed by atoms with Crippen LogP contribution in [0.5, 0.6) is 0 Å². The molecule has 0 aliphatic carbocycles. The van der Waals surface area contributed by atoms with Crippen LogP contribution in [0.25, 0.3) is 87.5 Å². The van der Waals surface area contributed by atoms with Crippen molar-refractivity contribution in [3.8, 4) is 22.3 Å². The molecular formula is C50H31NO2S. The molecule has 4 heteroatoms. The summed E-state index contributed by atoms with van der Waals surface area (Å²) in [6.07, 6.45) is 2.05. The Bertz CT molecular complexity index is 3280. The Labute approximate surface area is 312 Å². The van der Waals surface area contributed by atoms with E-state index in [-0.39, 0.29) is 0 Å². The Morgan fingerprint density at radius 2 is 0.981 bits per heavy atom. The molecule has 0 spiro atoms. The van der Waals surface area contributed by atoms with Crippen LogP contribution in [-0.4, -0.2) is 4.21 Å². The van der Waals surface area contributed by atoms with Gasteiger partial charge in [-0.05, 0) is 103 Å². The first-order valence-electron chi connectivity index (χ1n) is 18.2. The van der Waals surface area contributed by atoms with Gasteiger partial charge in [-0.2, -0.15) is 4.36 Å². The molecule has 0 bridgehead atoms. The Hall–Kier alpha value is -6.75. The Morgan fingerprint density at radius 1 is 0.426 bits per heavy atom. The summed E-state index contributed by atoms with van der Waals surface area (Å²) in [7, 11) is -3.00. The van der Waals surface area contributed by atoms with Gasteiger partial charge in [0.25, 0.3) is 0 Å². The first-order valence-corrected chi connectivity index (χ1v) is 19.7. The number of hydrogen-bond donors (Lipinski definition) is 0. The lowest BCUT2D eigenvalue weighted by Crippen LogP contribution is -2.07. The number of hydrogen-bond acceptors (Lipinski definition) is 3. The van der Waals surface area contributed by atoms with Crippen LogP contribution in [0.4, 0.5) is 5.69 Å². The standard InChI is InChI=1S/C50H31NO2S/c52-54(37-12-2-1-3-13-37)49(31-36-11-4-9-19-46(36)51-54)43-18-10-20-48-50(43)45-30-35(26-28-47(45)53-48)33-23-21-32(22-24-33)34-25-27-42-40-16-6-5-14-38(40)39-15-7-8-17-41(39)44(42)29-34/h1-31H. The highest BCUT2D eigenvalue weighted by Crippen LogP contribution is 2.45. The SMILES string of the molecule is O=S1(c2ccccc2)=Nc2ccccc2C=C1c1cccc2oc3ccc(-c4ccc(-c5ccc6c7ccccc7c7ccccc7c6c5)cc4)cc3c12. The molecule has 1 aliphatic rings. The molecule has 9 aromatic carbocycles. The highest BCUT2D eigenvalue weighted by atomic mass is 32.2. The summed E-state index contributed by atoms with van der Waals surface area (Å²) in [5, 5.41) is 9.56. The molecule has 0 fully saturated rings. The summed E-state index contributed by atoms with van der Waals surface area (Å²) in [5.74, 6) is 0. The van der Waals surface area contributed by atoms with E-state index in [0.29, 0.717) is 9.80 Å². The Kier molecular flexibility index (Phi) is 6.79. The zero-order valence-corrected chi connectivity index (χ0v) is 29.9. The fourth-order valence-corrected chi connectivity index (χ4v) is 10.4. The average Bonchev–Trinajstić information content (AvgIpc) is 3.62. The highest BCUT2D eigenvalue weighted by Gasteiger charge is 2.28. The van der Waals surface area contributed by atoms with E-state index < -0.39 is 9.73 Å². The van der Waals surface area contributed by atoms with Crippen molar-refractivity contribution in [2.45, 2.75) is 4.90 Å². The molecule has 10 aromatic rings. The summed E-state index contributed by atoms with van der Waals surface area (Å²) < 4.78 is 26.6. The smallest absolute Gasteiger partial charge is 0.136 e. The van der Waals surface area contributed by atoms with Crippen molar-refractivity contribution in [3.05, 3.63) is 193 Å². The van der Waals surface area contributed by atoms with Crippen molar-refractivity contribution in [2.24, 2.45) is 4.36 Å². The first-order chi connectivity index (χ1) is 26.6. The van der Waals surface area contributed by atoms with E-state index in [4.69, 9.17) is 8.78 Å². The third-order valence-electron chi connectivity index (χ3n) is 10.9. The molecule has 0 N–H and O–H groups in total. The number of nitrogens with zero attached hydrogens (tertiary/aromatic N) is 1. The molecule has 1 aromatic heterocycles. The van der Waals surface area contributed by atoms with Crippen LogP contribution in [0.15, 0.2) is 196 Å². The summed E-state index contributed by atoms with van der Waals surface area (Å²) in [4.78, 5) is 1.37. The van der Waals surface area contributed by atoms with E-state index in [2.05, 4.69) is 103 Å². The molecule has 1 atom stereocenters. The van der Waals surface area contributed by atoms with Gasteiger partial charge in [-0.25, -0.2) is 4.21 Å². The van der Waals surface area contributed by atoms with Crippen LogP contribution in [0.2, 0.25) is 0 Å². The molecule has 0 amide bonds. The summed E-state index contributed by atoms with van der Waals surface area (Å²) in [6, 6.07) is 62.9. The van der Waals surface area contributed by atoms with Crippen molar-refractivity contribution < 1.29 is 8.63 Å². The monoisotopic (exact) mass is 709 g/mol. The maximum absolute atomic E-state index is 15.2. The van der Waals surface area contributed by atoms with Crippen LogP contribution in [0.3, 0.4) is 0 Å².